The minimum Gasteiger partial charge on any atom is -0.371 e. The van der Waals surface area contributed by atoms with Crippen molar-refractivity contribution >= 4 is 37.5 Å². The maximum absolute atomic E-state index is 3.66. The molecule has 17 heavy (non-hydrogen) atoms. The SMILES string of the molecule is BrCc1ccc(N2CC3CCCC3C2)cc1Br. The number of anilines is 1. The van der Waals surface area contributed by atoms with Gasteiger partial charge >= 0.3 is 0 Å². The van der Waals surface area contributed by atoms with Crippen LogP contribution in [0.3, 0.4) is 0 Å². The molecule has 3 rings (SSSR count). The van der Waals surface area contributed by atoms with Crippen LogP contribution in [0.5, 0.6) is 0 Å². The Hall–Kier alpha value is -0.0200. The Morgan fingerprint density at radius 1 is 1.18 bits per heavy atom. The van der Waals surface area contributed by atoms with E-state index in [0.717, 1.165) is 17.2 Å². The molecule has 2 atom stereocenters. The first-order valence-corrected chi connectivity index (χ1v) is 8.28. The third kappa shape index (κ3) is 2.28. The lowest BCUT2D eigenvalue weighted by molar-refractivity contribution is 0.494. The van der Waals surface area contributed by atoms with Crippen molar-refractivity contribution in [3.63, 3.8) is 0 Å². The van der Waals surface area contributed by atoms with E-state index in [1.165, 1.54) is 48.1 Å². The van der Waals surface area contributed by atoms with Crippen molar-refractivity contribution in [3.05, 3.63) is 28.2 Å². The number of halogens is 2. The highest BCUT2D eigenvalue weighted by atomic mass is 79.9. The zero-order valence-electron chi connectivity index (χ0n) is 9.83. The number of nitrogens with zero attached hydrogens (tertiary/aromatic N) is 1. The predicted octanol–water partition coefficient (Wildman–Crippen LogP) is 4.58. The lowest BCUT2D eigenvalue weighted by Gasteiger charge is -2.20. The first-order chi connectivity index (χ1) is 8.28. The van der Waals surface area contributed by atoms with Crippen LogP contribution in [0.2, 0.25) is 0 Å². The van der Waals surface area contributed by atoms with E-state index >= 15 is 0 Å². The first kappa shape index (κ1) is 12.0. The second-order valence-electron chi connectivity index (χ2n) is 5.27. The topological polar surface area (TPSA) is 3.24 Å². The van der Waals surface area contributed by atoms with Crippen LogP contribution in [0.4, 0.5) is 5.69 Å². The summed E-state index contributed by atoms with van der Waals surface area (Å²) in [6, 6.07) is 6.77. The average Bonchev–Trinajstić information content (AvgIpc) is 2.88. The summed E-state index contributed by atoms with van der Waals surface area (Å²) in [5.41, 5.74) is 2.71. The van der Waals surface area contributed by atoms with E-state index in [0.29, 0.717) is 0 Å². The van der Waals surface area contributed by atoms with Gasteiger partial charge in [0.15, 0.2) is 0 Å². The van der Waals surface area contributed by atoms with E-state index < -0.39 is 0 Å². The van der Waals surface area contributed by atoms with Crippen molar-refractivity contribution in [2.45, 2.75) is 24.6 Å². The van der Waals surface area contributed by atoms with Gasteiger partial charge in [-0.3, -0.25) is 0 Å². The smallest absolute Gasteiger partial charge is 0.0377 e. The van der Waals surface area contributed by atoms with Crippen LogP contribution in [0.15, 0.2) is 22.7 Å². The monoisotopic (exact) mass is 357 g/mol. The van der Waals surface area contributed by atoms with Gasteiger partial charge in [-0.25, -0.2) is 0 Å². The molecule has 0 radical (unpaired) electrons. The fraction of sp³-hybridized carbons (Fsp3) is 0.571. The van der Waals surface area contributed by atoms with Crippen molar-refractivity contribution in [2.24, 2.45) is 11.8 Å². The minimum absolute atomic E-state index is 0.916. The molecule has 3 heteroatoms. The predicted molar refractivity (Wildman–Crippen MR) is 79.8 cm³/mol. The van der Waals surface area contributed by atoms with Gasteiger partial charge in [0.05, 0.1) is 0 Å². The summed E-state index contributed by atoms with van der Waals surface area (Å²) in [4.78, 5) is 2.57. The Morgan fingerprint density at radius 2 is 1.88 bits per heavy atom. The van der Waals surface area contributed by atoms with Crippen LogP contribution in [-0.2, 0) is 5.33 Å². The summed E-state index contributed by atoms with van der Waals surface area (Å²) < 4.78 is 1.23. The Balaban J connectivity index is 1.79. The number of alkyl halides is 1. The molecule has 1 nitrogen and oxygen atoms in total. The highest BCUT2D eigenvalue weighted by molar-refractivity contribution is 9.10. The molecule has 0 amide bonds. The van der Waals surface area contributed by atoms with E-state index in [9.17, 15) is 0 Å². The molecule has 1 saturated heterocycles. The zero-order chi connectivity index (χ0) is 11.8. The molecule has 92 valence electrons. The first-order valence-electron chi connectivity index (χ1n) is 6.37. The van der Waals surface area contributed by atoms with Gasteiger partial charge in [0.25, 0.3) is 0 Å². The summed E-state index contributed by atoms with van der Waals surface area (Å²) >= 11 is 7.17. The second-order valence-corrected chi connectivity index (χ2v) is 6.68. The Bertz CT molecular complexity index is 407. The quantitative estimate of drug-likeness (QED) is 0.699. The molecule has 1 aromatic carbocycles. The summed E-state index contributed by atoms with van der Waals surface area (Å²) in [7, 11) is 0. The van der Waals surface area contributed by atoms with Crippen molar-refractivity contribution in [3.8, 4) is 0 Å². The third-order valence-corrected chi connectivity index (χ3v) is 5.61. The van der Waals surface area contributed by atoms with Gasteiger partial charge < -0.3 is 4.90 Å². The summed E-state index contributed by atoms with van der Waals surface area (Å²) in [6.45, 7) is 2.54. The van der Waals surface area contributed by atoms with Crippen molar-refractivity contribution in [1.29, 1.82) is 0 Å². The van der Waals surface area contributed by atoms with E-state index in [2.05, 4.69) is 55.0 Å². The zero-order valence-corrected chi connectivity index (χ0v) is 13.0. The molecule has 2 fully saturated rings. The standard InChI is InChI=1S/C14H17Br2N/c15-7-10-4-5-13(6-14(10)16)17-8-11-2-1-3-12(11)9-17/h4-6,11-12H,1-3,7-9H2. The maximum Gasteiger partial charge on any atom is 0.0377 e. The average molecular weight is 359 g/mol. The Labute approximate surface area is 120 Å². The van der Waals surface area contributed by atoms with E-state index in [4.69, 9.17) is 0 Å². The number of fused-ring (bicyclic) bond motifs is 1. The van der Waals surface area contributed by atoms with Crippen LogP contribution in [0.25, 0.3) is 0 Å². The molecular weight excluding hydrogens is 342 g/mol. The highest BCUT2D eigenvalue weighted by Crippen LogP contribution is 2.40. The molecule has 1 saturated carbocycles. The molecule has 2 aliphatic rings. The molecule has 1 aliphatic heterocycles. The van der Waals surface area contributed by atoms with Crippen LogP contribution in [-0.4, -0.2) is 13.1 Å². The lowest BCUT2D eigenvalue weighted by atomic mass is 10.0. The largest absolute Gasteiger partial charge is 0.371 e. The summed E-state index contributed by atoms with van der Waals surface area (Å²) in [5.74, 6) is 1.93. The normalized spacial score (nSPS) is 27.5. The van der Waals surface area contributed by atoms with Gasteiger partial charge in [-0.15, -0.1) is 0 Å². The number of rotatable bonds is 2. The van der Waals surface area contributed by atoms with Gasteiger partial charge in [-0.2, -0.15) is 0 Å². The van der Waals surface area contributed by atoms with Gasteiger partial charge in [-0.1, -0.05) is 44.3 Å². The van der Waals surface area contributed by atoms with Crippen LogP contribution in [0.1, 0.15) is 24.8 Å². The minimum atomic E-state index is 0.916. The molecule has 0 bridgehead atoms. The fourth-order valence-electron chi connectivity index (χ4n) is 3.29. The van der Waals surface area contributed by atoms with Gasteiger partial charge in [0.2, 0.25) is 0 Å². The Kier molecular flexibility index (Phi) is 3.49. The molecule has 1 aliphatic carbocycles. The van der Waals surface area contributed by atoms with Crippen molar-refractivity contribution in [2.75, 3.05) is 18.0 Å². The molecule has 2 unspecified atom stereocenters. The lowest BCUT2D eigenvalue weighted by Crippen LogP contribution is -2.20. The summed E-state index contributed by atoms with van der Waals surface area (Å²) in [5, 5.41) is 0.916. The molecule has 0 spiro atoms. The Morgan fingerprint density at radius 3 is 2.47 bits per heavy atom. The number of hydrogen-bond acceptors (Lipinski definition) is 1. The van der Waals surface area contributed by atoms with Gasteiger partial charge in [-0.05, 0) is 42.4 Å². The van der Waals surface area contributed by atoms with E-state index in [1.54, 1.807) is 0 Å². The van der Waals surface area contributed by atoms with Crippen LogP contribution >= 0.6 is 31.9 Å². The maximum atomic E-state index is 3.66. The summed E-state index contributed by atoms with van der Waals surface area (Å²) in [6.07, 6.45) is 4.35. The van der Waals surface area contributed by atoms with Gasteiger partial charge in [0, 0.05) is 28.6 Å². The van der Waals surface area contributed by atoms with E-state index in [1.807, 2.05) is 0 Å². The van der Waals surface area contributed by atoms with Crippen molar-refractivity contribution in [1.82, 2.24) is 0 Å². The van der Waals surface area contributed by atoms with E-state index in [-0.39, 0.29) is 0 Å². The van der Waals surface area contributed by atoms with Crippen molar-refractivity contribution < 1.29 is 0 Å². The number of hydrogen-bond donors (Lipinski definition) is 0. The molecule has 1 heterocycles. The van der Waals surface area contributed by atoms with Crippen LogP contribution in [0, 0.1) is 11.8 Å². The van der Waals surface area contributed by atoms with Crippen LogP contribution < -0.4 is 4.90 Å². The molecule has 1 aromatic rings. The number of benzene rings is 1. The molecular formula is C14H17Br2N. The molecule has 0 N–H and O–H groups in total. The third-order valence-electron chi connectivity index (χ3n) is 4.27. The van der Waals surface area contributed by atoms with Gasteiger partial charge in [0.1, 0.15) is 0 Å². The fourth-order valence-corrected chi connectivity index (χ4v) is 4.66. The highest BCUT2D eigenvalue weighted by Gasteiger charge is 2.36. The second kappa shape index (κ2) is 4.93. The molecule has 0 aromatic heterocycles.